The van der Waals surface area contributed by atoms with Crippen molar-refractivity contribution in [2.24, 2.45) is 5.92 Å². The summed E-state index contributed by atoms with van der Waals surface area (Å²) in [7, 11) is 0. The zero-order chi connectivity index (χ0) is 16.1. The molecule has 122 valence electrons. The molecule has 1 amide bonds. The second kappa shape index (κ2) is 7.61. The Kier molecular flexibility index (Phi) is 5.30. The number of aryl methyl sites for hydroxylation is 1. The Balaban J connectivity index is 1.58. The van der Waals surface area contributed by atoms with Gasteiger partial charge < -0.3 is 10.6 Å². The molecule has 1 unspecified atom stereocenters. The maximum atomic E-state index is 12.4. The van der Waals surface area contributed by atoms with Crippen LogP contribution in [0.5, 0.6) is 0 Å². The lowest BCUT2D eigenvalue weighted by atomic mass is 9.96. The molecule has 1 saturated heterocycles. The van der Waals surface area contributed by atoms with Gasteiger partial charge in [-0.3, -0.25) is 4.79 Å². The minimum absolute atomic E-state index is 0.0500. The molecule has 2 aromatic heterocycles. The Bertz CT molecular complexity index is 652. The van der Waals surface area contributed by atoms with E-state index in [4.69, 9.17) is 0 Å². The van der Waals surface area contributed by atoms with Crippen LogP contribution in [0.1, 0.15) is 34.6 Å². The molecule has 0 radical (unpaired) electrons. The summed E-state index contributed by atoms with van der Waals surface area (Å²) < 4.78 is 0. The average molecular weight is 331 g/mol. The van der Waals surface area contributed by atoms with E-state index in [2.05, 4.69) is 25.6 Å². The van der Waals surface area contributed by atoms with Gasteiger partial charge in [-0.05, 0) is 51.3 Å². The number of carbonyl (C=O) groups excluding carboxylic acids is 1. The number of thiazole rings is 1. The summed E-state index contributed by atoms with van der Waals surface area (Å²) in [5.74, 6) is 1.18. The number of nitrogens with one attached hydrogen (secondary N) is 2. The highest BCUT2D eigenvalue weighted by molar-refractivity contribution is 7.17. The predicted octanol–water partition coefficient (Wildman–Crippen LogP) is 2.03. The van der Waals surface area contributed by atoms with Crippen LogP contribution in [0.25, 0.3) is 10.8 Å². The van der Waals surface area contributed by atoms with Crippen LogP contribution < -0.4 is 10.6 Å². The molecule has 7 heteroatoms. The first kappa shape index (κ1) is 16.0. The van der Waals surface area contributed by atoms with E-state index in [1.54, 1.807) is 18.5 Å². The number of hydrogen-bond acceptors (Lipinski definition) is 6. The fourth-order valence-electron chi connectivity index (χ4n) is 2.75. The largest absolute Gasteiger partial charge is 0.351 e. The Morgan fingerprint density at radius 2 is 2.26 bits per heavy atom. The normalized spacial score (nSPS) is 17.9. The Hall–Kier alpha value is -1.86. The first-order valence-electron chi connectivity index (χ1n) is 7.98. The standard InChI is InChI=1S/C16H21N5OS/c1-11-13(23-16(21-11)14-18-7-3-8-19-14)15(22)20-9-5-12-4-2-6-17-10-12/h3,7-8,12,17H,2,4-6,9-10H2,1H3,(H,20,22). The number of hydrogen-bond donors (Lipinski definition) is 2. The highest BCUT2D eigenvalue weighted by atomic mass is 32.1. The van der Waals surface area contributed by atoms with Crippen molar-refractivity contribution in [3.8, 4) is 10.8 Å². The minimum atomic E-state index is -0.0500. The van der Waals surface area contributed by atoms with Gasteiger partial charge in [-0.1, -0.05) is 0 Å². The second-order valence-corrected chi connectivity index (χ2v) is 6.76. The van der Waals surface area contributed by atoms with Crippen molar-refractivity contribution < 1.29 is 4.79 Å². The lowest BCUT2D eigenvalue weighted by Gasteiger charge is -2.22. The Morgan fingerprint density at radius 1 is 1.43 bits per heavy atom. The van der Waals surface area contributed by atoms with Gasteiger partial charge in [0.25, 0.3) is 5.91 Å². The molecule has 3 heterocycles. The third-order valence-corrected chi connectivity index (χ3v) is 5.15. The molecule has 1 aliphatic rings. The van der Waals surface area contributed by atoms with Crippen LogP contribution in [0.3, 0.4) is 0 Å². The zero-order valence-corrected chi connectivity index (χ0v) is 14.0. The maximum absolute atomic E-state index is 12.4. The molecular formula is C16H21N5OS. The van der Waals surface area contributed by atoms with Gasteiger partial charge in [0.2, 0.25) is 0 Å². The molecule has 0 spiro atoms. The molecule has 2 N–H and O–H groups in total. The molecule has 0 aromatic carbocycles. The van der Waals surface area contributed by atoms with Crippen LogP contribution in [-0.2, 0) is 0 Å². The van der Waals surface area contributed by atoms with Crippen LogP contribution >= 0.6 is 11.3 Å². The van der Waals surface area contributed by atoms with E-state index in [9.17, 15) is 4.79 Å². The highest BCUT2D eigenvalue weighted by Crippen LogP contribution is 2.25. The van der Waals surface area contributed by atoms with E-state index in [0.717, 1.165) is 25.2 Å². The van der Waals surface area contributed by atoms with Gasteiger partial charge in [0.05, 0.1) is 5.69 Å². The molecule has 0 aliphatic carbocycles. The summed E-state index contributed by atoms with van der Waals surface area (Å²) in [5, 5.41) is 7.10. The van der Waals surface area contributed by atoms with Crippen molar-refractivity contribution in [2.45, 2.75) is 26.2 Å². The van der Waals surface area contributed by atoms with Crippen molar-refractivity contribution in [1.29, 1.82) is 0 Å². The van der Waals surface area contributed by atoms with Gasteiger partial charge in [0.15, 0.2) is 10.8 Å². The summed E-state index contributed by atoms with van der Waals surface area (Å²) in [5.41, 5.74) is 0.731. The van der Waals surface area contributed by atoms with Crippen LogP contribution in [0.4, 0.5) is 0 Å². The second-order valence-electron chi connectivity index (χ2n) is 5.76. The van der Waals surface area contributed by atoms with Crippen LogP contribution in [0.2, 0.25) is 0 Å². The van der Waals surface area contributed by atoms with Gasteiger partial charge in [0, 0.05) is 18.9 Å². The van der Waals surface area contributed by atoms with E-state index in [1.807, 2.05) is 6.92 Å². The van der Waals surface area contributed by atoms with Crippen molar-refractivity contribution in [3.63, 3.8) is 0 Å². The average Bonchev–Trinajstić information content (AvgIpc) is 2.98. The van der Waals surface area contributed by atoms with Crippen LogP contribution in [0.15, 0.2) is 18.5 Å². The molecule has 0 saturated carbocycles. The van der Waals surface area contributed by atoms with Gasteiger partial charge in [-0.25, -0.2) is 15.0 Å². The van der Waals surface area contributed by atoms with Crippen molar-refractivity contribution in [1.82, 2.24) is 25.6 Å². The quantitative estimate of drug-likeness (QED) is 0.876. The summed E-state index contributed by atoms with van der Waals surface area (Å²) in [6.45, 7) is 4.74. The van der Waals surface area contributed by atoms with Gasteiger partial charge in [-0.2, -0.15) is 0 Å². The first-order chi connectivity index (χ1) is 11.2. The monoisotopic (exact) mass is 331 g/mol. The molecule has 3 rings (SSSR count). The van der Waals surface area contributed by atoms with E-state index in [1.165, 1.54) is 24.2 Å². The number of carbonyl (C=O) groups is 1. The number of aromatic nitrogens is 3. The fraction of sp³-hybridized carbons (Fsp3) is 0.500. The fourth-order valence-corrected chi connectivity index (χ4v) is 3.68. The third-order valence-electron chi connectivity index (χ3n) is 4.00. The van der Waals surface area contributed by atoms with Gasteiger partial charge >= 0.3 is 0 Å². The lowest BCUT2D eigenvalue weighted by molar-refractivity contribution is 0.0954. The first-order valence-corrected chi connectivity index (χ1v) is 8.79. The van der Waals surface area contributed by atoms with Crippen LogP contribution in [-0.4, -0.2) is 40.5 Å². The summed E-state index contributed by atoms with van der Waals surface area (Å²) in [4.78, 5) is 25.8. The molecule has 1 aliphatic heterocycles. The van der Waals surface area contributed by atoms with E-state index < -0.39 is 0 Å². The number of piperidine rings is 1. The summed E-state index contributed by atoms with van der Waals surface area (Å²) in [6, 6.07) is 1.76. The van der Waals surface area contributed by atoms with Gasteiger partial charge in [-0.15, -0.1) is 11.3 Å². The predicted molar refractivity (Wildman–Crippen MR) is 90.4 cm³/mol. The molecule has 2 aromatic rings. The van der Waals surface area contributed by atoms with Crippen molar-refractivity contribution in [2.75, 3.05) is 19.6 Å². The lowest BCUT2D eigenvalue weighted by Crippen LogP contribution is -2.33. The highest BCUT2D eigenvalue weighted by Gasteiger charge is 2.18. The summed E-state index contributed by atoms with van der Waals surface area (Å²) in [6.07, 6.45) is 6.85. The van der Waals surface area contributed by atoms with Crippen molar-refractivity contribution >= 4 is 17.2 Å². The number of amides is 1. The molecular weight excluding hydrogens is 310 g/mol. The van der Waals surface area contributed by atoms with Gasteiger partial charge in [0.1, 0.15) is 4.88 Å². The molecule has 1 fully saturated rings. The number of nitrogens with zero attached hydrogens (tertiary/aromatic N) is 3. The Morgan fingerprint density at radius 3 is 3.00 bits per heavy atom. The third kappa shape index (κ3) is 4.11. The molecule has 23 heavy (non-hydrogen) atoms. The molecule has 0 bridgehead atoms. The SMILES string of the molecule is Cc1nc(-c2ncccn2)sc1C(=O)NCCC1CCCNC1. The molecule has 1 atom stereocenters. The van der Waals surface area contributed by atoms with E-state index in [0.29, 0.717) is 28.2 Å². The topological polar surface area (TPSA) is 79.8 Å². The van der Waals surface area contributed by atoms with Crippen LogP contribution in [0, 0.1) is 12.8 Å². The summed E-state index contributed by atoms with van der Waals surface area (Å²) >= 11 is 1.35. The minimum Gasteiger partial charge on any atom is -0.351 e. The Labute approximate surface area is 139 Å². The maximum Gasteiger partial charge on any atom is 0.263 e. The smallest absolute Gasteiger partial charge is 0.263 e. The number of rotatable bonds is 5. The molecule has 6 nitrogen and oxygen atoms in total. The van der Waals surface area contributed by atoms with Crippen molar-refractivity contribution in [3.05, 3.63) is 29.0 Å². The van der Waals surface area contributed by atoms with E-state index >= 15 is 0 Å². The zero-order valence-electron chi connectivity index (χ0n) is 13.2. The van der Waals surface area contributed by atoms with E-state index in [-0.39, 0.29) is 5.91 Å².